The molecule has 1 N–H and O–H groups in total. The van der Waals surface area contributed by atoms with E-state index in [0.717, 1.165) is 36.3 Å². The number of hydrogen-bond acceptors (Lipinski definition) is 5. The zero-order valence-corrected chi connectivity index (χ0v) is 13.7. The minimum absolute atomic E-state index is 0.157. The smallest absolute Gasteiger partial charge is 0.326 e. The zero-order chi connectivity index (χ0) is 15.3. The van der Waals surface area contributed by atoms with Crippen LogP contribution in [0.25, 0.3) is 0 Å². The normalized spacial score (nSPS) is 25.4. The van der Waals surface area contributed by atoms with Crippen molar-refractivity contribution in [1.82, 2.24) is 5.32 Å². The Morgan fingerprint density at radius 2 is 2.14 bits per heavy atom. The maximum absolute atomic E-state index is 12.1. The van der Waals surface area contributed by atoms with Crippen molar-refractivity contribution in [2.75, 3.05) is 21.3 Å². The van der Waals surface area contributed by atoms with Crippen molar-refractivity contribution in [1.29, 1.82) is 0 Å². The van der Waals surface area contributed by atoms with Crippen LogP contribution in [0.4, 0.5) is 0 Å². The van der Waals surface area contributed by atoms with E-state index in [0.29, 0.717) is 5.25 Å². The zero-order valence-electron chi connectivity index (χ0n) is 12.8. The van der Waals surface area contributed by atoms with E-state index in [9.17, 15) is 4.79 Å². The molecule has 1 aromatic carbocycles. The van der Waals surface area contributed by atoms with Gasteiger partial charge in [0.2, 0.25) is 0 Å². The maximum atomic E-state index is 12.1. The van der Waals surface area contributed by atoms with Gasteiger partial charge in [-0.15, -0.1) is 11.8 Å². The number of carbonyl (C=O) groups is 1. The third-order valence-electron chi connectivity index (χ3n) is 4.12. The van der Waals surface area contributed by atoms with E-state index in [4.69, 9.17) is 9.47 Å². The van der Waals surface area contributed by atoms with Crippen LogP contribution in [-0.2, 0) is 9.53 Å². The summed E-state index contributed by atoms with van der Waals surface area (Å²) in [6.07, 6.45) is 3.73. The average Bonchev–Trinajstić information content (AvgIpc) is 2.54. The van der Waals surface area contributed by atoms with Crippen LogP contribution < -0.4 is 10.1 Å². The van der Waals surface area contributed by atoms with Gasteiger partial charge in [-0.2, -0.15) is 0 Å². The molecule has 0 bridgehead atoms. The van der Waals surface area contributed by atoms with Crippen molar-refractivity contribution in [3.05, 3.63) is 24.3 Å². The van der Waals surface area contributed by atoms with Crippen molar-refractivity contribution in [2.24, 2.45) is 0 Å². The summed E-state index contributed by atoms with van der Waals surface area (Å²) in [5, 5.41) is 3.57. The van der Waals surface area contributed by atoms with E-state index in [1.165, 1.54) is 7.11 Å². The van der Waals surface area contributed by atoms with Crippen LogP contribution in [0.1, 0.15) is 25.7 Å². The highest BCUT2D eigenvalue weighted by Gasteiger charge is 2.42. The molecular formula is C16H23NO3S. The van der Waals surface area contributed by atoms with Gasteiger partial charge < -0.3 is 14.8 Å². The summed E-state index contributed by atoms with van der Waals surface area (Å²) < 4.78 is 10.4. The van der Waals surface area contributed by atoms with Crippen LogP contribution in [-0.4, -0.2) is 38.0 Å². The Labute approximate surface area is 130 Å². The van der Waals surface area contributed by atoms with Crippen LogP contribution in [0, 0.1) is 0 Å². The van der Waals surface area contributed by atoms with Gasteiger partial charge in [-0.3, -0.25) is 4.79 Å². The predicted octanol–water partition coefficient (Wildman–Crippen LogP) is 2.86. The first kappa shape index (κ1) is 16.2. The topological polar surface area (TPSA) is 47.6 Å². The number of hydrogen-bond donors (Lipinski definition) is 1. The molecule has 1 aromatic rings. The van der Waals surface area contributed by atoms with Crippen molar-refractivity contribution in [2.45, 2.75) is 41.4 Å². The number of benzene rings is 1. The van der Waals surface area contributed by atoms with Crippen LogP contribution in [0.5, 0.6) is 5.75 Å². The molecule has 2 atom stereocenters. The van der Waals surface area contributed by atoms with E-state index in [1.807, 2.05) is 25.2 Å². The third kappa shape index (κ3) is 3.52. The highest BCUT2D eigenvalue weighted by atomic mass is 32.2. The van der Waals surface area contributed by atoms with E-state index in [-0.39, 0.29) is 5.97 Å². The molecule has 2 rings (SSSR count). The number of likely N-dealkylation sites (N-methyl/N-ethyl adjacent to an activating group) is 1. The summed E-state index contributed by atoms with van der Waals surface area (Å²) in [4.78, 5) is 13.2. The Hall–Kier alpha value is -1.20. The van der Waals surface area contributed by atoms with E-state index in [2.05, 4.69) is 11.4 Å². The van der Waals surface area contributed by atoms with Gasteiger partial charge in [0, 0.05) is 10.1 Å². The number of para-hydroxylation sites is 1. The van der Waals surface area contributed by atoms with Crippen LogP contribution in [0.3, 0.4) is 0 Å². The lowest BCUT2D eigenvalue weighted by Crippen LogP contribution is -2.54. The summed E-state index contributed by atoms with van der Waals surface area (Å²) in [5.74, 6) is 0.733. The number of thioether (sulfide) groups is 1. The fourth-order valence-corrected chi connectivity index (χ4v) is 4.37. The lowest BCUT2D eigenvalue weighted by atomic mass is 9.81. The number of esters is 1. The second kappa shape index (κ2) is 7.18. The van der Waals surface area contributed by atoms with Crippen molar-refractivity contribution in [3.8, 4) is 5.75 Å². The second-order valence-electron chi connectivity index (χ2n) is 5.31. The largest absolute Gasteiger partial charge is 0.496 e. The molecule has 0 spiro atoms. The molecule has 0 radical (unpaired) electrons. The van der Waals surface area contributed by atoms with Gasteiger partial charge in [0.05, 0.1) is 14.2 Å². The lowest BCUT2D eigenvalue weighted by Gasteiger charge is -2.38. The Morgan fingerprint density at radius 1 is 1.38 bits per heavy atom. The molecule has 0 aromatic heterocycles. The van der Waals surface area contributed by atoms with Crippen molar-refractivity contribution in [3.63, 3.8) is 0 Å². The first-order chi connectivity index (χ1) is 10.1. The third-order valence-corrected chi connectivity index (χ3v) is 5.45. The molecule has 0 saturated heterocycles. The summed E-state index contributed by atoms with van der Waals surface area (Å²) in [6, 6.07) is 8.02. The molecule has 116 valence electrons. The van der Waals surface area contributed by atoms with Gasteiger partial charge in [0.25, 0.3) is 0 Å². The number of rotatable bonds is 5. The molecule has 1 saturated carbocycles. The molecule has 0 amide bonds. The molecule has 2 unspecified atom stereocenters. The van der Waals surface area contributed by atoms with Gasteiger partial charge in [0.15, 0.2) is 0 Å². The van der Waals surface area contributed by atoms with Gasteiger partial charge in [0.1, 0.15) is 11.3 Å². The molecule has 1 aliphatic carbocycles. The first-order valence-corrected chi connectivity index (χ1v) is 8.10. The highest BCUT2D eigenvalue weighted by molar-refractivity contribution is 8.00. The van der Waals surface area contributed by atoms with Crippen LogP contribution >= 0.6 is 11.8 Å². The van der Waals surface area contributed by atoms with Gasteiger partial charge >= 0.3 is 5.97 Å². The van der Waals surface area contributed by atoms with E-state index < -0.39 is 5.54 Å². The SMILES string of the molecule is CNC1(C(=O)OC)CCCC(Sc2ccccc2OC)C1. The van der Waals surface area contributed by atoms with Crippen LogP contribution in [0.2, 0.25) is 0 Å². The standard InChI is InChI=1S/C16H23NO3S/c1-17-16(15(18)20-3)10-6-7-12(11-16)21-14-9-5-4-8-13(14)19-2/h4-5,8-9,12,17H,6-7,10-11H2,1-3H3. The first-order valence-electron chi connectivity index (χ1n) is 7.22. The molecule has 1 aliphatic rings. The van der Waals surface area contributed by atoms with Crippen molar-refractivity contribution < 1.29 is 14.3 Å². The summed E-state index contributed by atoms with van der Waals surface area (Å²) >= 11 is 1.79. The Bertz CT molecular complexity index is 494. The minimum Gasteiger partial charge on any atom is -0.496 e. The number of carbonyl (C=O) groups excluding carboxylic acids is 1. The summed E-state index contributed by atoms with van der Waals surface area (Å²) in [5.41, 5.74) is -0.549. The molecular weight excluding hydrogens is 286 g/mol. The maximum Gasteiger partial charge on any atom is 0.326 e. The second-order valence-corrected chi connectivity index (χ2v) is 6.65. The summed E-state index contributed by atoms with van der Waals surface area (Å²) in [6.45, 7) is 0. The fourth-order valence-electron chi connectivity index (χ4n) is 2.93. The van der Waals surface area contributed by atoms with Gasteiger partial charge in [-0.25, -0.2) is 0 Å². The van der Waals surface area contributed by atoms with E-state index in [1.54, 1.807) is 18.9 Å². The molecule has 4 nitrogen and oxygen atoms in total. The number of methoxy groups -OCH3 is 2. The van der Waals surface area contributed by atoms with Crippen molar-refractivity contribution >= 4 is 17.7 Å². The predicted molar refractivity (Wildman–Crippen MR) is 84.9 cm³/mol. The highest BCUT2D eigenvalue weighted by Crippen LogP contribution is 2.41. The Morgan fingerprint density at radius 3 is 2.81 bits per heavy atom. The van der Waals surface area contributed by atoms with Crippen LogP contribution in [0.15, 0.2) is 29.2 Å². The number of nitrogens with one attached hydrogen (secondary N) is 1. The van der Waals surface area contributed by atoms with E-state index >= 15 is 0 Å². The monoisotopic (exact) mass is 309 g/mol. The molecule has 21 heavy (non-hydrogen) atoms. The molecule has 1 fully saturated rings. The quantitative estimate of drug-likeness (QED) is 0.848. The van der Waals surface area contributed by atoms with Gasteiger partial charge in [-0.1, -0.05) is 12.1 Å². The molecule has 0 aliphatic heterocycles. The molecule has 0 heterocycles. The fraction of sp³-hybridized carbons (Fsp3) is 0.562. The minimum atomic E-state index is -0.549. The molecule has 5 heteroatoms. The number of ether oxygens (including phenoxy) is 2. The lowest BCUT2D eigenvalue weighted by molar-refractivity contribution is -0.149. The Kier molecular flexibility index (Phi) is 5.53. The average molecular weight is 309 g/mol. The Balaban J connectivity index is 2.12. The summed E-state index contributed by atoms with van der Waals surface area (Å²) in [7, 11) is 4.98. The van der Waals surface area contributed by atoms with Gasteiger partial charge in [-0.05, 0) is 44.9 Å².